The summed E-state index contributed by atoms with van der Waals surface area (Å²) in [6, 6.07) is 75.2. The van der Waals surface area contributed by atoms with E-state index in [0.717, 1.165) is 18.5 Å². The molecule has 1 nitrogen and oxygen atoms in total. The molecule has 272 valence electrons. The van der Waals surface area contributed by atoms with E-state index < -0.39 is 5.41 Å². The van der Waals surface area contributed by atoms with E-state index in [1.807, 2.05) is 0 Å². The van der Waals surface area contributed by atoms with Gasteiger partial charge in [0.2, 0.25) is 0 Å². The van der Waals surface area contributed by atoms with Crippen molar-refractivity contribution >= 4 is 38.6 Å². The van der Waals surface area contributed by atoms with Crippen molar-refractivity contribution in [3.63, 3.8) is 0 Å². The van der Waals surface area contributed by atoms with Gasteiger partial charge < -0.3 is 4.90 Å². The van der Waals surface area contributed by atoms with Crippen LogP contribution in [0, 0.1) is 0 Å². The maximum Gasteiger partial charge on any atom is 0.0714 e. The minimum atomic E-state index is -0.531. The van der Waals surface area contributed by atoms with Gasteiger partial charge in [-0.15, -0.1) is 0 Å². The lowest BCUT2D eigenvalue weighted by atomic mass is 9.67. The molecule has 57 heavy (non-hydrogen) atoms. The summed E-state index contributed by atoms with van der Waals surface area (Å²) in [6.45, 7) is 4.72. The van der Waals surface area contributed by atoms with Crippen LogP contribution in [-0.4, -0.2) is 0 Å². The highest BCUT2D eigenvalue weighted by Gasteiger charge is 2.47. The molecule has 0 N–H and O–H groups in total. The Bertz CT molecular complexity index is 2940. The van der Waals surface area contributed by atoms with Gasteiger partial charge in [0.15, 0.2) is 0 Å². The molecule has 0 atom stereocenters. The number of rotatable bonds is 7. The molecule has 0 radical (unpaired) electrons. The van der Waals surface area contributed by atoms with Crippen molar-refractivity contribution in [1.29, 1.82) is 0 Å². The highest BCUT2D eigenvalue weighted by Crippen LogP contribution is 2.59. The van der Waals surface area contributed by atoms with E-state index >= 15 is 0 Å². The first-order valence-electron chi connectivity index (χ1n) is 20.5. The van der Waals surface area contributed by atoms with E-state index in [9.17, 15) is 0 Å². The van der Waals surface area contributed by atoms with Crippen molar-refractivity contribution in [3.8, 4) is 22.3 Å². The highest BCUT2D eigenvalue weighted by atomic mass is 15.1. The Labute approximate surface area is 335 Å². The number of hydrogen-bond acceptors (Lipinski definition) is 1. The normalized spacial score (nSPS) is 14.2. The Kier molecular flexibility index (Phi) is 7.63. The summed E-state index contributed by atoms with van der Waals surface area (Å²) in [6.07, 6.45) is 2.10. The lowest BCUT2D eigenvalue weighted by Gasteiger charge is -2.35. The zero-order valence-corrected chi connectivity index (χ0v) is 32.4. The molecule has 0 saturated carbocycles. The monoisotopic (exact) mass is 729 g/mol. The second-order valence-electron chi connectivity index (χ2n) is 15.9. The van der Waals surface area contributed by atoms with Crippen LogP contribution in [0.25, 0.3) is 43.8 Å². The third-order valence-corrected chi connectivity index (χ3v) is 13.4. The van der Waals surface area contributed by atoms with Gasteiger partial charge >= 0.3 is 0 Å². The van der Waals surface area contributed by atoms with Gasteiger partial charge in [0.25, 0.3) is 0 Å². The second-order valence-corrected chi connectivity index (χ2v) is 15.9. The highest BCUT2D eigenvalue weighted by molar-refractivity contribution is 6.01. The van der Waals surface area contributed by atoms with Gasteiger partial charge in [0, 0.05) is 22.2 Å². The zero-order chi connectivity index (χ0) is 38.1. The van der Waals surface area contributed by atoms with E-state index in [4.69, 9.17) is 0 Å². The third-order valence-electron chi connectivity index (χ3n) is 13.4. The van der Waals surface area contributed by atoms with Gasteiger partial charge in [-0.25, -0.2) is 0 Å². The van der Waals surface area contributed by atoms with Crippen LogP contribution in [0.15, 0.2) is 200 Å². The summed E-state index contributed by atoms with van der Waals surface area (Å²) in [4.78, 5) is 2.53. The van der Waals surface area contributed by atoms with Gasteiger partial charge in [-0.05, 0) is 127 Å². The molecule has 9 aromatic rings. The molecule has 0 aromatic heterocycles. The average Bonchev–Trinajstić information content (AvgIpc) is 3.73. The molecule has 11 rings (SSSR count). The molecule has 0 unspecified atom stereocenters. The maximum absolute atomic E-state index is 2.53. The fourth-order valence-electron chi connectivity index (χ4n) is 10.7. The fraction of sp³-hybridized carbons (Fsp3) is 0.107. The van der Waals surface area contributed by atoms with E-state index in [0.29, 0.717) is 0 Å². The predicted octanol–water partition coefficient (Wildman–Crippen LogP) is 14.9. The van der Waals surface area contributed by atoms with Crippen LogP contribution in [0.4, 0.5) is 17.1 Å². The average molecular weight is 730 g/mol. The summed E-state index contributed by atoms with van der Waals surface area (Å²) in [5.41, 5.74) is 16.3. The molecule has 0 heterocycles. The number of hydrogen-bond donors (Lipinski definition) is 0. The van der Waals surface area contributed by atoms with Crippen molar-refractivity contribution in [1.82, 2.24) is 0 Å². The molecule has 1 heteroatoms. The van der Waals surface area contributed by atoms with Crippen LogP contribution in [-0.2, 0) is 10.8 Å². The summed E-state index contributed by atoms with van der Waals surface area (Å²) in [7, 11) is 0. The Balaban J connectivity index is 1.22. The molecule has 0 spiro atoms. The Hall–Kier alpha value is -6.70. The lowest BCUT2D eigenvalue weighted by Crippen LogP contribution is -2.28. The maximum atomic E-state index is 2.53. The summed E-state index contributed by atoms with van der Waals surface area (Å²) < 4.78 is 0. The van der Waals surface area contributed by atoms with E-state index in [2.05, 4.69) is 219 Å². The molecule has 2 aliphatic rings. The standard InChI is InChI=1S/C56H43N/c1-3-55(4-2)50-28-16-15-27-46(50)47-32-30-43(36-51(47)55)57(54-29-17-21-38-18-13-14-26-45(38)54)44-31-33-48-49-34-39-19-11-12-20-40(39)35-52(49)56(53(48)37-44,41-22-7-5-8-23-41)42-24-9-6-10-25-42/h5-37H,3-4H2,1-2H3. The van der Waals surface area contributed by atoms with E-state index in [1.165, 1.54) is 88.6 Å². The zero-order valence-electron chi connectivity index (χ0n) is 32.4. The van der Waals surface area contributed by atoms with Crippen LogP contribution in [0.3, 0.4) is 0 Å². The topological polar surface area (TPSA) is 3.24 Å². The Morgan fingerprint density at radius 1 is 0.368 bits per heavy atom. The number of nitrogens with zero attached hydrogens (tertiary/aromatic N) is 1. The summed E-state index contributed by atoms with van der Waals surface area (Å²) >= 11 is 0. The molecule has 0 bridgehead atoms. The quantitative estimate of drug-likeness (QED) is 0.158. The summed E-state index contributed by atoms with van der Waals surface area (Å²) in [5.74, 6) is 0. The SMILES string of the molecule is CCC1(CC)c2ccccc2-c2ccc(N(c3ccc4c(c3)C(c3ccccc3)(c3ccccc3)c3cc5ccccc5cc3-4)c3cccc4ccccc34)cc21. The fourth-order valence-corrected chi connectivity index (χ4v) is 10.7. The number of fused-ring (bicyclic) bond motifs is 8. The molecular formula is C56H43N. The van der Waals surface area contributed by atoms with Gasteiger partial charge in [0.1, 0.15) is 0 Å². The molecule has 0 saturated heterocycles. The largest absolute Gasteiger partial charge is 0.310 e. The van der Waals surface area contributed by atoms with Gasteiger partial charge in [-0.2, -0.15) is 0 Å². The minimum absolute atomic E-state index is 0.0380. The van der Waals surface area contributed by atoms with E-state index in [1.54, 1.807) is 0 Å². The van der Waals surface area contributed by atoms with Crippen LogP contribution in [0.1, 0.15) is 60.1 Å². The van der Waals surface area contributed by atoms with E-state index in [-0.39, 0.29) is 5.41 Å². The molecule has 0 amide bonds. The Morgan fingerprint density at radius 2 is 0.877 bits per heavy atom. The number of benzene rings is 9. The minimum Gasteiger partial charge on any atom is -0.310 e. The van der Waals surface area contributed by atoms with Gasteiger partial charge in [-0.3, -0.25) is 0 Å². The first-order valence-corrected chi connectivity index (χ1v) is 20.5. The van der Waals surface area contributed by atoms with Gasteiger partial charge in [0.05, 0.1) is 11.1 Å². The van der Waals surface area contributed by atoms with Crippen molar-refractivity contribution < 1.29 is 0 Å². The van der Waals surface area contributed by atoms with Crippen LogP contribution in [0.2, 0.25) is 0 Å². The smallest absolute Gasteiger partial charge is 0.0714 e. The van der Waals surface area contributed by atoms with Crippen LogP contribution < -0.4 is 4.90 Å². The molecule has 9 aromatic carbocycles. The first-order chi connectivity index (χ1) is 28.2. The third kappa shape index (κ3) is 4.76. The van der Waals surface area contributed by atoms with Crippen molar-refractivity contribution in [2.75, 3.05) is 4.90 Å². The molecule has 0 fully saturated rings. The van der Waals surface area contributed by atoms with Crippen LogP contribution in [0.5, 0.6) is 0 Å². The van der Waals surface area contributed by atoms with Crippen molar-refractivity contribution in [2.24, 2.45) is 0 Å². The van der Waals surface area contributed by atoms with Crippen LogP contribution >= 0.6 is 0 Å². The van der Waals surface area contributed by atoms with Crippen molar-refractivity contribution in [3.05, 3.63) is 234 Å². The predicted molar refractivity (Wildman–Crippen MR) is 240 cm³/mol. The lowest BCUT2D eigenvalue weighted by molar-refractivity contribution is 0.490. The number of anilines is 3. The van der Waals surface area contributed by atoms with Gasteiger partial charge in [-0.1, -0.05) is 172 Å². The second kappa shape index (κ2) is 12.9. The molecule has 0 aliphatic heterocycles. The Morgan fingerprint density at radius 3 is 1.56 bits per heavy atom. The summed E-state index contributed by atoms with van der Waals surface area (Å²) in [5, 5.41) is 4.98. The molecular weight excluding hydrogens is 687 g/mol. The molecule has 2 aliphatic carbocycles. The van der Waals surface area contributed by atoms with Crippen molar-refractivity contribution in [2.45, 2.75) is 37.5 Å². The first kappa shape index (κ1) is 33.6.